The molecule has 5 heteroatoms. The van der Waals surface area contributed by atoms with Crippen molar-refractivity contribution >= 4 is 5.82 Å². The molecule has 0 amide bonds. The highest BCUT2D eigenvalue weighted by atomic mass is 16.5. The topological polar surface area (TPSA) is 81.2 Å². The zero-order chi connectivity index (χ0) is 15.4. The van der Waals surface area contributed by atoms with E-state index in [1.165, 1.54) is 0 Å². The van der Waals surface area contributed by atoms with E-state index in [1.807, 2.05) is 25.1 Å². The Balaban J connectivity index is 2.45. The molecule has 0 aliphatic carbocycles. The van der Waals surface area contributed by atoms with Crippen molar-refractivity contribution in [3.05, 3.63) is 46.6 Å². The first kappa shape index (κ1) is 14.7. The molecule has 0 spiro atoms. The van der Waals surface area contributed by atoms with Gasteiger partial charge in [-0.2, -0.15) is 5.26 Å². The maximum Gasteiger partial charge on any atom is 0.141 e. The number of aromatic nitrogens is 1. The van der Waals surface area contributed by atoms with Crippen LogP contribution in [0.4, 0.5) is 5.82 Å². The number of rotatable bonds is 4. The normalized spacial score (nSPS) is 10.0. The first-order chi connectivity index (χ1) is 10.1. The van der Waals surface area contributed by atoms with Gasteiger partial charge in [0.1, 0.15) is 23.4 Å². The van der Waals surface area contributed by atoms with Crippen molar-refractivity contribution in [3.8, 4) is 17.6 Å². The van der Waals surface area contributed by atoms with E-state index in [2.05, 4.69) is 11.1 Å². The van der Waals surface area contributed by atoms with Gasteiger partial charge in [0.15, 0.2) is 0 Å². The maximum atomic E-state index is 9.16. The SMILES string of the molecule is COc1ccc(OC)c(Cc2cnc(N)c(C#N)c2C)c1. The molecule has 108 valence electrons. The van der Waals surface area contributed by atoms with Crippen LogP contribution < -0.4 is 15.2 Å². The summed E-state index contributed by atoms with van der Waals surface area (Å²) >= 11 is 0. The number of hydrogen-bond donors (Lipinski definition) is 1. The fraction of sp³-hybridized carbons (Fsp3) is 0.250. The van der Waals surface area contributed by atoms with Crippen LogP contribution in [0.2, 0.25) is 0 Å². The first-order valence-corrected chi connectivity index (χ1v) is 6.45. The predicted molar refractivity (Wildman–Crippen MR) is 80.5 cm³/mol. The number of pyridine rings is 1. The molecule has 5 nitrogen and oxygen atoms in total. The standard InChI is InChI=1S/C16H17N3O2/c1-10-12(9-19-16(18)14(10)8-17)6-11-7-13(20-2)4-5-15(11)21-3/h4-5,7,9H,6H2,1-3H3,(H2,18,19). The summed E-state index contributed by atoms with van der Waals surface area (Å²) in [5, 5.41) is 9.16. The molecule has 0 aliphatic rings. The quantitative estimate of drug-likeness (QED) is 0.932. The van der Waals surface area contributed by atoms with Gasteiger partial charge < -0.3 is 15.2 Å². The van der Waals surface area contributed by atoms with Gasteiger partial charge in [-0.15, -0.1) is 0 Å². The fourth-order valence-electron chi connectivity index (χ4n) is 2.21. The van der Waals surface area contributed by atoms with Gasteiger partial charge in [0, 0.05) is 18.2 Å². The molecule has 21 heavy (non-hydrogen) atoms. The largest absolute Gasteiger partial charge is 0.497 e. The molecule has 0 atom stereocenters. The highest BCUT2D eigenvalue weighted by Crippen LogP contribution is 2.28. The number of nitriles is 1. The Kier molecular flexibility index (Phi) is 4.29. The van der Waals surface area contributed by atoms with Crippen LogP contribution in [0.3, 0.4) is 0 Å². The van der Waals surface area contributed by atoms with Crippen molar-refractivity contribution in [2.45, 2.75) is 13.3 Å². The van der Waals surface area contributed by atoms with E-state index in [0.29, 0.717) is 12.0 Å². The van der Waals surface area contributed by atoms with Gasteiger partial charge in [-0.05, 0) is 36.2 Å². The van der Waals surface area contributed by atoms with E-state index in [9.17, 15) is 0 Å². The third kappa shape index (κ3) is 2.90. The summed E-state index contributed by atoms with van der Waals surface area (Å²) in [6, 6.07) is 7.72. The van der Waals surface area contributed by atoms with Crippen LogP contribution in [0.1, 0.15) is 22.3 Å². The fourth-order valence-corrected chi connectivity index (χ4v) is 2.21. The zero-order valence-corrected chi connectivity index (χ0v) is 12.3. The summed E-state index contributed by atoms with van der Waals surface area (Å²) in [5.41, 5.74) is 8.89. The number of benzene rings is 1. The second kappa shape index (κ2) is 6.14. The Labute approximate surface area is 123 Å². The highest BCUT2D eigenvalue weighted by Gasteiger charge is 2.12. The van der Waals surface area contributed by atoms with E-state index in [1.54, 1.807) is 20.4 Å². The van der Waals surface area contributed by atoms with Crippen molar-refractivity contribution in [2.75, 3.05) is 20.0 Å². The summed E-state index contributed by atoms with van der Waals surface area (Å²) in [6.45, 7) is 1.87. The third-order valence-corrected chi connectivity index (χ3v) is 3.45. The van der Waals surface area contributed by atoms with Crippen LogP contribution in [-0.4, -0.2) is 19.2 Å². The minimum atomic E-state index is 0.261. The summed E-state index contributed by atoms with van der Waals surface area (Å²) in [7, 11) is 3.25. The molecule has 0 saturated carbocycles. The minimum Gasteiger partial charge on any atom is -0.497 e. The molecular weight excluding hydrogens is 266 g/mol. The Bertz CT molecular complexity index is 705. The molecule has 1 aromatic carbocycles. The summed E-state index contributed by atoms with van der Waals surface area (Å²) in [6.07, 6.45) is 2.29. The van der Waals surface area contributed by atoms with Crippen LogP contribution in [0.5, 0.6) is 11.5 Å². The molecule has 2 N–H and O–H groups in total. The van der Waals surface area contributed by atoms with Gasteiger partial charge in [-0.1, -0.05) is 0 Å². The number of methoxy groups -OCH3 is 2. The lowest BCUT2D eigenvalue weighted by atomic mass is 9.98. The average Bonchev–Trinajstić information content (AvgIpc) is 2.50. The lowest BCUT2D eigenvalue weighted by Crippen LogP contribution is -2.03. The molecule has 0 saturated heterocycles. The molecule has 2 rings (SSSR count). The number of ether oxygens (including phenoxy) is 2. The van der Waals surface area contributed by atoms with E-state index >= 15 is 0 Å². The van der Waals surface area contributed by atoms with Crippen molar-refractivity contribution < 1.29 is 9.47 Å². The number of nitrogens with zero attached hydrogens (tertiary/aromatic N) is 2. The monoisotopic (exact) mass is 283 g/mol. The van der Waals surface area contributed by atoms with Gasteiger partial charge in [-0.3, -0.25) is 0 Å². The van der Waals surface area contributed by atoms with Crippen LogP contribution in [0.15, 0.2) is 24.4 Å². The van der Waals surface area contributed by atoms with Crippen molar-refractivity contribution in [3.63, 3.8) is 0 Å². The van der Waals surface area contributed by atoms with Crippen LogP contribution in [-0.2, 0) is 6.42 Å². The summed E-state index contributed by atoms with van der Waals surface area (Å²) in [5.74, 6) is 1.79. The Morgan fingerprint density at radius 1 is 1.24 bits per heavy atom. The van der Waals surface area contributed by atoms with E-state index in [0.717, 1.165) is 28.2 Å². The molecule has 1 aromatic heterocycles. The van der Waals surface area contributed by atoms with Crippen molar-refractivity contribution in [1.82, 2.24) is 4.98 Å². The van der Waals surface area contributed by atoms with Crippen LogP contribution in [0, 0.1) is 18.3 Å². The number of nitrogens with two attached hydrogens (primary N) is 1. The highest BCUT2D eigenvalue weighted by molar-refractivity contribution is 5.56. The maximum absolute atomic E-state index is 9.16. The van der Waals surface area contributed by atoms with Crippen molar-refractivity contribution in [1.29, 1.82) is 5.26 Å². The number of nitrogen functional groups attached to an aromatic ring is 1. The lowest BCUT2D eigenvalue weighted by molar-refractivity contribution is 0.399. The molecule has 0 bridgehead atoms. The summed E-state index contributed by atoms with van der Waals surface area (Å²) in [4.78, 5) is 4.09. The predicted octanol–water partition coefficient (Wildman–Crippen LogP) is 2.45. The van der Waals surface area contributed by atoms with Gasteiger partial charge in [0.2, 0.25) is 0 Å². The molecular formula is C16H17N3O2. The second-order valence-corrected chi connectivity index (χ2v) is 4.64. The minimum absolute atomic E-state index is 0.261. The number of hydrogen-bond acceptors (Lipinski definition) is 5. The Morgan fingerprint density at radius 3 is 2.62 bits per heavy atom. The molecule has 1 heterocycles. The van der Waals surface area contributed by atoms with Crippen molar-refractivity contribution in [2.24, 2.45) is 0 Å². The lowest BCUT2D eigenvalue weighted by Gasteiger charge is -2.13. The van der Waals surface area contributed by atoms with Crippen LogP contribution in [0.25, 0.3) is 0 Å². The summed E-state index contributed by atoms with van der Waals surface area (Å²) < 4.78 is 10.6. The van der Waals surface area contributed by atoms with E-state index in [4.69, 9.17) is 20.5 Å². The first-order valence-electron chi connectivity index (χ1n) is 6.45. The van der Waals surface area contributed by atoms with E-state index in [-0.39, 0.29) is 5.82 Å². The molecule has 0 aliphatic heterocycles. The molecule has 0 fully saturated rings. The molecule has 0 unspecified atom stereocenters. The third-order valence-electron chi connectivity index (χ3n) is 3.45. The molecule has 0 radical (unpaired) electrons. The van der Waals surface area contributed by atoms with Crippen LogP contribution >= 0.6 is 0 Å². The molecule has 2 aromatic rings. The van der Waals surface area contributed by atoms with Gasteiger partial charge in [0.25, 0.3) is 0 Å². The number of anilines is 1. The van der Waals surface area contributed by atoms with E-state index < -0.39 is 0 Å². The Hall–Kier alpha value is -2.74. The van der Waals surface area contributed by atoms with Gasteiger partial charge in [0.05, 0.1) is 19.8 Å². The zero-order valence-electron chi connectivity index (χ0n) is 12.3. The smallest absolute Gasteiger partial charge is 0.141 e. The van der Waals surface area contributed by atoms with Gasteiger partial charge in [-0.25, -0.2) is 4.98 Å². The average molecular weight is 283 g/mol. The Morgan fingerprint density at radius 2 is 2.00 bits per heavy atom. The second-order valence-electron chi connectivity index (χ2n) is 4.64. The van der Waals surface area contributed by atoms with Gasteiger partial charge >= 0.3 is 0 Å².